The lowest BCUT2D eigenvalue weighted by Crippen LogP contribution is -2.43. The molecule has 2 rings (SSSR count). The van der Waals surface area contributed by atoms with Crippen molar-refractivity contribution in [3.8, 4) is 0 Å². The summed E-state index contributed by atoms with van der Waals surface area (Å²) >= 11 is 0. The number of nitrogens with zero attached hydrogens (tertiary/aromatic N) is 1. The fourth-order valence-electron chi connectivity index (χ4n) is 4.33. The van der Waals surface area contributed by atoms with Gasteiger partial charge in [-0.25, -0.2) is 0 Å². The van der Waals surface area contributed by atoms with E-state index in [4.69, 9.17) is 0 Å². The van der Waals surface area contributed by atoms with E-state index < -0.39 is 5.60 Å². The zero-order chi connectivity index (χ0) is 16.2. The Labute approximate surface area is 136 Å². The van der Waals surface area contributed by atoms with E-state index >= 15 is 0 Å². The Kier molecular flexibility index (Phi) is 6.31. The van der Waals surface area contributed by atoms with Crippen molar-refractivity contribution in [1.82, 2.24) is 4.90 Å². The van der Waals surface area contributed by atoms with E-state index in [1.54, 1.807) is 0 Å². The fraction of sp³-hybridized carbons (Fsp3) is 0.947. The summed E-state index contributed by atoms with van der Waals surface area (Å²) in [7, 11) is 0. The number of amides is 1. The van der Waals surface area contributed by atoms with E-state index in [9.17, 15) is 9.90 Å². The van der Waals surface area contributed by atoms with Crippen molar-refractivity contribution in [2.75, 3.05) is 13.1 Å². The first kappa shape index (κ1) is 17.8. The molecule has 0 aromatic carbocycles. The molecule has 1 N–H and O–H groups in total. The Morgan fingerprint density at radius 1 is 1.09 bits per heavy atom. The molecule has 0 saturated carbocycles. The van der Waals surface area contributed by atoms with E-state index in [2.05, 4.69) is 18.7 Å². The molecule has 2 fully saturated rings. The van der Waals surface area contributed by atoms with Crippen molar-refractivity contribution in [2.45, 2.75) is 84.2 Å². The summed E-state index contributed by atoms with van der Waals surface area (Å²) in [6.45, 7) is 8.30. The molecule has 0 radical (unpaired) electrons. The molecule has 2 saturated heterocycles. The smallest absolute Gasteiger partial charge is 0.225 e. The monoisotopic (exact) mass is 309 g/mol. The van der Waals surface area contributed by atoms with Gasteiger partial charge in [-0.3, -0.25) is 4.79 Å². The molecule has 2 aliphatic rings. The van der Waals surface area contributed by atoms with Gasteiger partial charge in [0.2, 0.25) is 5.91 Å². The van der Waals surface area contributed by atoms with Crippen LogP contribution in [0.15, 0.2) is 0 Å². The number of carbonyl (C=O) groups excluding carboxylic acids is 1. The van der Waals surface area contributed by atoms with Gasteiger partial charge in [-0.2, -0.15) is 0 Å². The molecule has 0 aromatic heterocycles. The maximum absolute atomic E-state index is 12.6. The van der Waals surface area contributed by atoms with E-state index in [1.165, 1.54) is 25.7 Å². The minimum absolute atomic E-state index is 0.106. The molecule has 0 aliphatic carbocycles. The predicted octanol–water partition coefficient (Wildman–Crippen LogP) is 3.99. The van der Waals surface area contributed by atoms with Crippen LogP contribution in [0.5, 0.6) is 0 Å². The quantitative estimate of drug-likeness (QED) is 0.735. The summed E-state index contributed by atoms with van der Waals surface area (Å²) < 4.78 is 0. The highest BCUT2D eigenvalue weighted by molar-refractivity contribution is 5.78. The Morgan fingerprint density at radius 3 is 2.50 bits per heavy atom. The van der Waals surface area contributed by atoms with Crippen molar-refractivity contribution >= 4 is 5.91 Å². The Morgan fingerprint density at radius 2 is 1.77 bits per heavy atom. The van der Waals surface area contributed by atoms with Crippen LogP contribution in [0.1, 0.15) is 78.6 Å². The summed E-state index contributed by atoms with van der Waals surface area (Å²) in [6.07, 6.45) is 9.60. The number of aliphatic hydroxyl groups is 1. The van der Waals surface area contributed by atoms with Gasteiger partial charge in [0.25, 0.3) is 0 Å². The lowest BCUT2D eigenvalue weighted by Gasteiger charge is -2.36. The third-order valence-corrected chi connectivity index (χ3v) is 5.75. The molecule has 22 heavy (non-hydrogen) atoms. The minimum atomic E-state index is -0.553. The number of rotatable bonds is 0. The summed E-state index contributed by atoms with van der Waals surface area (Å²) in [4.78, 5) is 14.8. The number of fused-ring (bicyclic) bond motifs is 2. The average molecular weight is 309 g/mol. The van der Waals surface area contributed by atoms with Gasteiger partial charge >= 0.3 is 0 Å². The molecule has 3 nitrogen and oxygen atoms in total. The van der Waals surface area contributed by atoms with Gasteiger partial charge in [0.1, 0.15) is 0 Å². The topological polar surface area (TPSA) is 40.5 Å². The minimum Gasteiger partial charge on any atom is -0.390 e. The number of hydrogen-bond donors (Lipinski definition) is 1. The van der Waals surface area contributed by atoms with Gasteiger partial charge in [0, 0.05) is 19.0 Å². The first-order valence-electron chi connectivity index (χ1n) is 9.38. The van der Waals surface area contributed by atoms with Gasteiger partial charge in [0.15, 0.2) is 0 Å². The molecule has 1 amide bonds. The highest BCUT2D eigenvalue weighted by atomic mass is 16.3. The first-order chi connectivity index (χ1) is 10.4. The second-order valence-corrected chi connectivity index (χ2v) is 8.32. The van der Waals surface area contributed by atoms with Gasteiger partial charge in [-0.05, 0) is 63.7 Å². The van der Waals surface area contributed by atoms with Crippen LogP contribution in [0.3, 0.4) is 0 Å². The van der Waals surface area contributed by atoms with Crippen LogP contribution in [0.4, 0.5) is 0 Å². The Hall–Kier alpha value is -0.570. The number of piperidine rings is 1. The normalized spacial score (nSPS) is 39.4. The summed E-state index contributed by atoms with van der Waals surface area (Å²) in [6, 6.07) is 0. The average Bonchev–Trinajstić information content (AvgIpc) is 2.45. The van der Waals surface area contributed by atoms with Crippen LogP contribution in [0.25, 0.3) is 0 Å². The Balaban J connectivity index is 2.02. The molecule has 128 valence electrons. The lowest BCUT2D eigenvalue weighted by molar-refractivity contribution is -0.137. The number of hydrogen-bond acceptors (Lipinski definition) is 2. The van der Waals surface area contributed by atoms with E-state index in [0.717, 1.165) is 45.2 Å². The highest BCUT2D eigenvalue weighted by Gasteiger charge is 2.29. The molecule has 0 aromatic rings. The van der Waals surface area contributed by atoms with Crippen molar-refractivity contribution in [3.05, 3.63) is 0 Å². The van der Waals surface area contributed by atoms with Crippen molar-refractivity contribution in [1.29, 1.82) is 0 Å². The molecule has 2 aliphatic heterocycles. The molecule has 3 heteroatoms. The van der Waals surface area contributed by atoms with Crippen LogP contribution in [0.2, 0.25) is 0 Å². The lowest BCUT2D eigenvalue weighted by atomic mass is 9.84. The summed E-state index contributed by atoms with van der Waals surface area (Å²) in [5.74, 6) is 1.84. The SMILES string of the molecule is CC1CCC[C@@](C)(O)CCCC(C)C(=O)N2CCCC(C1)C2. The highest BCUT2D eigenvalue weighted by Crippen LogP contribution is 2.30. The first-order valence-corrected chi connectivity index (χ1v) is 9.38. The largest absolute Gasteiger partial charge is 0.390 e. The zero-order valence-electron chi connectivity index (χ0n) is 14.8. The molecule has 0 spiro atoms. The maximum atomic E-state index is 12.6. The van der Waals surface area contributed by atoms with E-state index in [0.29, 0.717) is 17.7 Å². The summed E-state index contributed by atoms with van der Waals surface area (Å²) in [5, 5.41) is 10.5. The van der Waals surface area contributed by atoms with Gasteiger partial charge in [-0.1, -0.05) is 26.7 Å². The van der Waals surface area contributed by atoms with Gasteiger partial charge in [0.05, 0.1) is 5.60 Å². The molecular formula is C19H35NO2. The summed E-state index contributed by atoms with van der Waals surface area (Å²) in [5.41, 5.74) is -0.553. The second-order valence-electron chi connectivity index (χ2n) is 8.32. The molecule has 4 atom stereocenters. The van der Waals surface area contributed by atoms with Crippen LogP contribution in [-0.2, 0) is 4.79 Å². The molecule has 3 unspecified atom stereocenters. The Bertz CT molecular complexity index is 366. The second kappa shape index (κ2) is 7.81. The molecule has 2 heterocycles. The standard InChI is InChI=1S/C19H35NO2/c1-15-7-4-10-19(3,22)11-5-8-16(2)18(21)20-12-6-9-17(13-15)14-20/h15-17,22H,4-14H2,1-3H3/t15?,16?,17?,19-/m1/s1. The van der Waals surface area contributed by atoms with Crippen LogP contribution < -0.4 is 0 Å². The van der Waals surface area contributed by atoms with Crippen molar-refractivity contribution < 1.29 is 9.90 Å². The third kappa shape index (κ3) is 5.26. The van der Waals surface area contributed by atoms with Gasteiger partial charge in [-0.15, -0.1) is 0 Å². The van der Waals surface area contributed by atoms with Crippen molar-refractivity contribution in [3.63, 3.8) is 0 Å². The van der Waals surface area contributed by atoms with E-state index in [-0.39, 0.29) is 5.92 Å². The van der Waals surface area contributed by atoms with Crippen LogP contribution in [0, 0.1) is 17.8 Å². The molecular weight excluding hydrogens is 274 g/mol. The fourth-order valence-corrected chi connectivity index (χ4v) is 4.33. The van der Waals surface area contributed by atoms with Crippen LogP contribution in [-0.4, -0.2) is 34.6 Å². The van der Waals surface area contributed by atoms with Crippen LogP contribution >= 0.6 is 0 Å². The van der Waals surface area contributed by atoms with E-state index in [1.807, 2.05) is 6.92 Å². The third-order valence-electron chi connectivity index (χ3n) is 5.75. The zero-order valence-corrected chi connectivity index (χ0v) is 14.8. The predicted molar refractivity (Wildman–Crippen MR) is 90.6 cm³/mol. The molecule has 2 bridgehead atoms. The number of carbonyl (C=O) groups is 1. The maximum Gasteiger partial charge on any atom is 0.225 e. The van der Waals surface area contributed by atoms with Crippen molar-refractivity contribution in [2.24, 2.45) is 17.8 Å². The van der Waals surface area contributed by atoms with Gasteiger partial charge < -0.3 is 10.0 Å².